The Bertz CT molecular complexity index is 1100. The molecular weight excluding hydrogens is 356 g/mol. The van der Waals surface area contributed by atoms with Gasteiger partial charge >= 0.3 is 0 Å². The van der Waals surface area contributed by atoms with Crippen LogP contribution in [0.1, 0.15) is 5.56 Å². The van der Waals surface area contributed by atoms with E-state index < -0.39 is 0 Å². The molecule has 4 rings (SSSR count). The fourth-order valence-electron chi connectivity index (χ4n) is 2.69. The van der Waals surface area contributed by atoms with Crippen LogP contribution < -0.4 is 5.32 Å². The second-order valence-corrected chi connectivity index (χ2v) is 6.98. The topological polar surface area (TPSA) is 62.2 Å². The second kappa shape index (κ2) is 7.43. The van der Waals surface area contributed by atoms with Crippen molar-refractivity contribution in [2.45, 2.75) is 0 Å². The summed E-state index contributed by atoms with van der Waals surface area (Å²) in [5.74, 6) is -0.105. The zero-order valence-electron chi connectivity index (χ0n) is 14.3. The number of aromatic hydroxyl groups is 1. The Labute approximate surface area is 160 Å². The highest BCUT2D eigenvalue weighted by Crippen LogP contribution is 2.36. The summed E-state index contributed by atoms with van der Waals surface area (Å²) >= 11 is 1.50. The van der Waals surface area contributed by atoms with Crippen molar-refractivity contribution >= 4 is 39.2 Å². The fourth-order valence-corrected chi connectivity index (χ4v) is 3.68. The monoisotopic (exact) mass is 372 g/mol. The first kappa shape index (κ1) is 17.0. The Kier molecular flexibility index (Phi) is 4.68. The van der Waals surface area contributed by atoms with E-state index in [0.29, 0.717) is 16.3 Å². The van der Waals surface area contributed by atoms with Crippen LogP contribution in [-0.2, 0) is 4.79 Å². The number of nitrogens with one attached hydrogen (secondary N) is 1. The summed E-state index contributed by atoms with van der Waals surface area (Å²) < 4.78 is 1.05. The van der Waals surface area contributed by atoms with Crippen molar-refractivity contribution in [2.24, 2.45) is 0 Å². The summed E-state index contributed by atoms with van der Waals surface area (Å²) in [6.07, 6.45) is 3.24. The van der Waals surface area contributed by atoms with Crippen molar-refractivity contribution in [3.8, 4) is 16.3 Å². The molecule has 1 amide bonds. The summed E-state index contributed by atoms with van der Waals surface area (Å²) in [4.78, 5) is 16.8. The van der Waals surface area contributed by atoms with Crippen molar-refractivity contribution in [1.82, 2.24) is 4.98 Å². The summed E-state index contributed by atoms with van der Waals surface area (Å²) in [7, 11) is 0. The van der Waals surface area contributed by atoms with Gasteiger partial charge in [-0.05, 0) is 42.0 Å². The highest BCUT2D eigenvalue weighted by atomic mass is 32.1. The number of phenols is 1. The molecule has 0 bridgehead atoms. The lowest BCUT2D eigenvalue weighted by molar-refractivity contribution is -0.111. The third-order valence-corrected chi connectivity index (χ3v) is 5.08. The number of hydrogen-bond acceptors (Lipinski definition) is 4. The number of amides is 1. The SMILES string of the molecule is O=C(/C=C/c1ccccc1)Nc1ccc(O)c(-c2nc3ccccc3s2)c1. The van der Waals surface area contributed by atoms with E-state index in [0.717, 1.165) is 15.8 Å². The number of aromatic nitrogens is 1. The first-order valence-corrected chi connectivity index (χ1v) is 9.24. The number of benzene rings is 3. The van der Waals surface area contributed by atoms with Crippen LogP contribution in [0.4, 0.5) is 5.69 Å². The molecule has 132 valence electrons. The molecule has 0 fully saturated rings. The smallest absolute Gasteiger partial charge is 0.248 e. The van der Waals surface area contributed by atoms with E-state index in [2.05, 4.69) is 10.3 Å². The quantitative estimate of drug-likeness (QED) is 0.376. The number of hydrogen-bond donors (Lipinski definition) is 2. The average molecular weight is 372 g/mol. The van der Waals surface area contributed by atoms with E-state index in [1.165, 1.54) is 17.4 Å². The van der Waals surface area contributed by atoms with Gasteiger partial charge < -0.3 is 10.4 Å². The maximum atomic E-state index is 12.2. The first-order chi connectivity index (χ1) is 13.2. The van der Waals surface area contributed by atoms with Gasteiger partial charge in [-0.1, -0.05) is 42.5 Å². The first-order valence-electron chi connectivity index (χ1n) is 8.42. The molecule has 0 aliphatic heterocycles. The maximum absolute atomic E-state index is 12.2. The molecule has 1 aromatic heterocycles. The van der Waals surface area contributed by atoms with Crippen molar-refractivity contribution in [3.63, 3.8) is 0 Å². The number of carbonyl (C=O) groups excluding carboxylic acids is 1. The molecule has 2 N–H and O–H groups in total. The van der Waals surface area contributed by atoms with Gasteiger partial charge in [-0.3, -0.25) is 4.79 Å². The number of nitrogens with zero attached hydrogens (tertiary/aromatic N) is 1. The number of phenolic OH excluding ortho intramolecular Hbond substituents is 1. The summed E-state index contributed by atoms with van der Waals surface area (Å²) in [5, 5.41) is 13.8. The van der Waals surface area contributed by atoms with Gasteiger partial charge in [0.25, 0.3) is 0 Å². The maximum Gasteiger partial charge on any atom is 0.248 e. The van der Waals surface area contributed by atoms with Crippen molar-refractivity contribution in [1.29, 1.82) is 0 Å². The van der Waals surface area contributed by atoms with Crippen LogP contribution in [0.25, 0.3) is 26.9 Å². The van der Waals surface area contributed by atoms with Crippen LogP contribution in [0.15, 0.2) is 78.9 Å². The summed E-state index contributed by atoms with van der Waals surface area (Å²) in [5.41, 5.74) is 3.04. The van der Waals surface area contributed by atoms with E-state index in [1.807, 2.05) is 54.6 Å². The van der Waals surface area contributed by atoms with E-state index in [9.17, 15) is 9.90 Å². The minimum Gasteiger partial charge on any atom is -0.507 e. The normalized spacial score (nSPS) is 11.1. The third kappa shape index (κ3) is 3.88. The van der Waals surface area contributed by atoms with Crippen LogP contribution in [0.3, 0.4) is 0 Å². The molecule has 0 unspecified atom stereocenters. The number of carbonyl (C=O) groups is 1. The molecule has 5 heteroatoms. The van der Waals surface area contributed by atoms with Gasteiger partial charge in [0.15, 0.2) is 0 Å². The van der Waals surface area contributed by atoms with E-state index in [4.69, 9.17) is 0 Å². The van der Waals surface area contributed by atoms with Crippen LogP contribution in [0, 0.1) is 0 Å². The lowest BCUT2D eigenvalue weighted by Crippen LogP contribution is -2.07. The summed E-state index contributed by atoms with van der Waals surface area (Å²) in [6.45, 7) is 0. The standard InChI is InChI=1S/C22H16N2O2S/c25-19-12-11-16(23-21(26)13-10-15-6-2-1-3-7-15)14-17(19)22-24-18-8-4-5-9-20(18)27-22/h1-14,25H,(H,23,26)/b13-10+. The number of rotatable bonds is 4. The average Bonchev–Trinajstić information content (AvgIpc) is 3.13. The van der Waals surface area contributed by atoms with Gasteiger partial charge in [-0.2, -0.15) is 0 Å². The highest BCUT2D eigenvalue weighted by Gasteiger charge is 2.11. The molecule has 3 aromatic carbocycles. The molecule has 0 spiro atoms. The predicted molar refractivity (Wildman–Crippen MR) is 111 cm³/mol. The summed E-state index contributed by atoms with van der Waals surface area (Å²) in [6, 6.07) is 22.4. The Hall–Kier alpha value is -3.44. The Morgan fingerprint density at radius 2 is 1.78 bits per heavy atom. The van der Waals surface area contributed by atoms with Crippen LogP contribution in [0.2, 0.25) is 0 Å². The van der Waals surface area contributed by atoms with Crippen LogP contribution >= 0.6 is 11.3 Å². The largest absolute Gasteiger partial charge is 0.507 e. The molecule has 0 atom stereocenters. The molecule has 4 nitrogen and oxygen atoms in total. The van der Waals surface area contributed by atoms with Crippen LogP contribution in [-0.4, -0.2) is 16.0 Å². The lowest BCUT2D eigenvalue weighted by Gasteiger charge is -2.06. The van der Waals surface area contributed by atoms with E-state index >= 15 is 0 Å². The predicted octanol–water partition coefficient (Wildman–Crippen LogP) is 5.32. The molecule has 1 heterocycles. The highest BCUT2D eigenvalue weighted by molar-refractivity contribution is 7.21. The number of thiazole rings is 1. The van der Waals surface area contributed by atoms with Gasteiger partial charge in [0.2, 0.25) is 5.91 Å². The molecular formula is C22H16N2O2S. The van der Waals surface area contributed by atoms with E-state index in [1.54, 1.807) is 24.3 Å². The molecule has 0 saturated heterocycles. The van der Waals surface area contributed by atoms with Crippen molar-refractivity contribution in [2.75, 3.05) is 5.32 Å². The Balaban J connectivity index is 1.57. The molecule has 0 saturated carbocycles. The van der Waals surface area contributed by atoms with Gasteiger partial charge in [-0.25, -0.2) is 4.98 Å². The molecule has 27 heavy (non-hydrogen) atoms. The van der Waals surface area contributed by atoms with Gasteiger partial charge in [0.1, 0.15) is 10.8 Å². The minimum absolute atomic E-state index is 0.131. The molecule has 0 aliphatic rings. The Morgan fingerprint density at radius 3 is 2.59 bits per heavy atom. The number of para-hydroxylation sites is 1. The van der Waals surface area contributed by atoms with Gasteiger partial charge in [0, 0.05) is 11.8 Å². The fraction of sp³-hybridized carbons (Fsp3) is 0. The van der Waals surface area contributed by atoms with Crippen LogP contribution in [0.5, 0.6) is 5.75 Å². The van der Waals surface area contributed by atoms with Crippen molar-refractivity contribution in [3.05, 3.63) is 84.4 Å². The third-order valence-electron chi connectivity index (χ3n) is 4.02. The molecule has 0 aliphatic carbocycles. The zero-order valence-corrected chi connectivity index (χ0v) is 15.1. The zero-order chi connectivity index (χ0) is 18.6. The van der Waals surface area contributed by atoms with Gasteiger partial charge in [0.05, 0.1) is 15.8 Å². The minimum atomic E-state index is -0.236. The number of fused-ring (bicyclic) bond motifs is 1. The van der Waals surface area contributed by atoms with Crippen molar-refractivity contribution < 1.29 is 9.90 Å². The second-order valence-electron chi connectivity index (χ2n) is 5.95. The van der Waals surface area contributed by atoms with Gasteiger partial charge in [-0.15, -0.1) is 11.3 Å². The van der Waals surface area contributed by atoms with E-state index in [-0.39, 0.29) is 11.7 Å². The molecule has 4 aromatic rings. The Morgan fingerprint density at radius 1 is 1.00 bits per heavy atom. The lowest BCUT2D eigenvalue weighted by atomic mass is 10.1. The number of anilines is 1. The molecule has 0 radical (unpaired) electrons.